The molecule has 2 aliphatic carbocycles. The number of hydrogen-bond donors (Lipinski definition) is 0. The number of aliphatic imine (C=N–C) groups is 1. The van der Waals surface area contributed by atoms with Gasteiger partial charge in [-0.2, -0.15) is 0 Å². The van der Waals surface area contributed by atoms with Crippen molar-refractivity contribution in [2.45, 2.75) is 115 Å². The normalized spacial score (nSPS) is 22.0. The largest absolute Gasteiger partial charge is 0.333 e. The van der Waals surface area contributed by atoms with E-state index in [2.05, 4.69) is 211 Å². The Morgan fingerprint density at radius 2 is 0.951 bits per heavy atom. The first kappa shape index (κ1) is 38.3. The van der Waals surface area contributed by atoms with E-state index in [1.54, 1.807) is 0 Å². The molecule has 0 amide bonds. The Bertz CT molecular complexity index is 2790. The van der Waals surface area contributed by atoms with E-state index in [0.29, 0.717) is 0 Å². The van der Waals surface area contributed by atoms with Crippen molar-refractivity contribution in [3.63, 3.8) is 0 Å². The minimum absolute atomic E-state index is 0.00173. The summed E-state index contributed by atoms with van der Waals surface area (Å²) in [6.07, 6.45) is 9.21. The van der Waals surface area contributed by atoms with Gasteiger partial charge in [0.15, 0.2) is 0 Å². The molecule has 0 fully saturated rings. The topological polar surface area (TPSA) is 18.8 Å². The van der Waals surface area contributed by atoms with Gasteiger partial charge in [-0.15, -0.1) is 0 Å². The summed E-state index contributed by atoms with van der Waals surface area (Å²) in [6.45, 7) is 19.6. The molecule has 0 radical (unpaired) electrons. The highest BCUT2D eigenvalue weighted by Gasteiger charge is 2.53. The molecule has 2 atom stereocenters. The van der Waals surface area contributed by atoms with Crippen LogP contribution in [-0.2, 0) is 21.7 Å². The fourth-order valence-corrected chi connectivity index (χ4v) is 11.9. The van der Waals surface area contributed by atoms with Gasteiger partial charge in [-0.25, -0.2) is 0 Å². The predicted molar refractivity (Wildman–Crippen MR) is 261 cm³/mol. The molecule has 0 aromatic heterocycles. The van der Waals surface area contributed by atoms with E-state index >= 15 is 0 Å². The quantitative estimate of drug-likeness (QED) is 0.166. The molecule has 6 aromatic carbocycles. The molecule has 0 bridgehead atoms. The Labute approximate surface area is 364 Å². The zero-order valence-electron chi connectivity index (χ0n) is 37.3. The first-order valence-corrected chi connectivity index (χ1v) is 22.7. The highest BCUT2D eigenvalue weighted by Crippen LogP contribution is 2.54. The van der Waals surface area contributed by atoms with Crippen LogP contribution in [0.1, 0.15) is 103 Å². The third-order valence-electron chi connectivity index (χ3n) is 15.7. The SMILES string of the molecule is CC1(C)CCC(C)(C)c2cc(N3C4=CN=CC5C4B(c4cc(-c6ccccc6)ccc43)c3cc(-c4ccccc4)ccc3N5c3ccc4c(c3)C(C)(C)CCC4(C)C)ccc21. The van der Waals surface area contributed by atoms with Crippen LogP contribution in [-0.4, -0.2) is 19.0 Å². The van der Waals surface area contributed by atoms with Crippen molar-refractivity contribution in [2.24, 2.45) is 4.99 Å². The Morgan fingerprint density at radius 1 is 0.475 bits per heavy atom. The minimum Gasteiger partial charge on any atom is -0.333 e. The van der Waals surface area contributed by atoms with Crippen LogP contribution in [0.2, 0.25) is 5.82 Å². The number of nitrogens with zero attached hydrogens (tertiary/aromatic N) is 3. The summed E-state index contributed by atoms with van der Waals surface area (Å²) >= 11 is 0. The number of fused-ring (bicyclic) bond motifs is 6. The lowest BCUT2D eigenvalue weighted by Gasteiger charge is -2.53. The molecule has 11 rings (SSSR count). The van der Waals surface area contributed by atoms with Crippen LogP contribution < -0.4 is 20.7 Å². The van der Waals surface area contributed by atoms with Crippen molar-refractivity contribution >= 4 is 46.6 Å². The molecule has 5 aliphatic rings. The monoisotopic (exact) mass is 795 g/mol. The lowest BCUT2D eigenvalue weighted by Crippen LogP contribution is -2.64. The van der Waals surface area contributed by atoms with Gasteiger partial charge in [-0.05, 0) is 139 Å². The van der Waals surface area contributed by atoms with Gasteiger partial charge in [0.2, 0.25) is 6.71 Å². The van der Waals surface area contributed by atoms with Gasteiger partial charge in [0.05, 0.1) is 6.04 Å². The highest BCUT2D eigenvalue weighted by molar-refractivity contribution is 6.90. The lowest BCUT2D eigenvalue weighted by molar-refractivity contribution is 0.332. The number of anilines is 4. The van der Waals surface area contributed by atoms with Crippen LogP contribution >= 0.6 is 0 Å². The third kappa shape index (κ3) is 5.95. The van der Waals surface area contributed by atoms with Gasteiger partial charge in [0.1, 0.15) is 0 Å². The molecule has 61 heavy (non-hydrogen) atoms. The summed E-state index contributed by atoms with van der Waals surface area (Å²) in [5.41, 5.74) is 20.4. The van der Waals surface area contributed by atoms with E-state index in [0.717, 1.165) is 0 Å². The Kier molecular flexibility index (Phi) is 8.45. The molecule has 0 saturated heterocycles. The van der Waals surface area contributed by atoms with Crippen molar-refractivity contribution in [1.29, 1.82) is 0 Å². The zero-order chi connectivity index (χ0) is 42.1. The second kappa shape index (κ2) is 13.4. The molecule has 304 valence electrons. The van der Waals surface area contributed by atoms with E-state index in [1.807, 2.05) is 0 Å². The van der Waals surface area contributed by atoms with Gasteiger partial charge >= 0.3 is 0 Å². The molecule has 0 saturated carbocycles. The second-order valence-electron chi connectivity index (χ2n) is 21.3. The van der Waals surface area contributed by atoms with Crippen LogP contribution in [0.3, 0.4) is 0 Å². The van der Waals surface area contributed by atoms with Gasteiger partial charge < -0.3 is 9.80 Å². The molecule has 0 N–H and O–H groups in total. The third-order valence-corrected chi connectivity index (χ3v) is 15.7. The van der Waals surface area contributed by atoms with E-state index < -0.39 is 0 Å². The number of rotatable bonds is 4. The Balaban J connectivity index is 1.18. The predicted octanol–water partition coefficient (Wildman–Crippen LogP) is 13.3. The van der Waals surface area contributed by atoms with Gasteiger partial charge in [0, 0.05) is 46.7 Å². The fourth-order valence-electron chi connectivity index (χ4n) is 11.9. The molecule has 3 nitrogen and oxygen atoms in total. The van der Waals surface area contributed by atoms with Crippen LogP contribution in [0.15, 0.2) is 150 Å². The van der Waals surface area contributed by atoms with E-state index in [9.17, 15) is 0 Å². The Morgan fingerprint density at radius 3 is 1.51 bits per heavy atom. The maximum Gasteiger partial charge on any atom is 0.226 e. The van der Waals surface area contributed by atoms with Gasteiger partial charge in [-0.1, -0.05) is 152 Å². The van der Waals surface area contributed by atoms with Gasteiger partial charge in [0.25, 0.3) is 0 Å². The van der Waals surface area contributed by atoms with E-state index in [1.165, 1.54) is 110 Å². The number of hydrogen-bond acceptors (Lipinski definition) is 3. The fraction of sp³-hybridized carbons (Fsp3) is 0.316. The summed E-state index contributed by atoms with van der Waals surface area (Å²) in [6, 6.07) is 51.2. The first-order valence-electron chi connectivity index (χ1n) is 22.7. The summed E-state index contributed by atoms with van der Waals surface area (Å²) in [7, 11) is 0. The zero-order valence-corrected chi connectivity index (χ0v) is 37.3. The maximum absolute atomic E-state index is 5.22. The van der Waals surface area contributed by atoms with Crippen molar-refractivity contribution < 1.29 is 0 Å². The van der Waals surface area contributed by atoms with Crippen molar-refractivity contribution in [1.82, 2.24) is 0 Å². The van der Waals surface area contributed by atoms with Crippen LogP contribution in [0.25, 0.3) is 22.3 Å². The summed E-state index contributed by atoms with van der Waals surface area (Å²) in [5, 5.41) is 0. The molecule has 3 aliphatic heterocycles. The summed E-state index contributed by atoms with van der Waals surface area (Å²) in [4.78, 5) is 10.5. The van der Waals surface area contributed by atoms with Crippen LogP contribution in [0, 0.1) is 0 Å². The minimum atomic E-state index is 0.00173. The molecule has 2 unspecified atom stereocenters. The molecular formula is C57H58BN3. The van der Waals surface area contributed by atoms with Gasteiger partial charge in [-0.3, -0.25) is 4.99 Å². The smallest absolute Gasteiger partial charge is 0.226 e. The molecular weight excluding hydrogens is 737 g/mol. The van der Waals surface area contributed by atoms with Crippen LogP contribution in [0.4, 0.5) is 22.7 Å². The standard InChI is InChI=1S/C57H58BN3/c1-54(2)27-29-56(5,6)45-33-41(21-23-43(45)54)60-49-25-19-39(37-15-11-9-12-16-37)31-47(49)58-48-32-40(38-17-13-10-14-18-38)20-26-50(48)61(52-36-59-35-51(60)53(52)58)42-22-24-44-46(34-42)57(7,8)30-28-55(44,3)4/h9-26,31-36,51,53H,27-30H2,1-8H3. The lowest BCUT2D eigenvalue weighted by atomic mass is 9.28. The molecule has 6 aromatic rings. The molecule has 3 heterocycles. The number of benzene rings is 6. The summed E-state index contributed by atoms with van der Waals surface area (Å²) in [5.74, 6) is 0.107. The average molecular weight is 796 g/mol. The van der Waals surface area contributed by atoms with E-state index in [-0.39, 0.29) is 40.2 Å². The molecule has 4 heteroatoms. The van der Waals surface area contributed by atoms with Crippen LogP contribution in [0.5, 0.6) is 0 Å². The highest BCUT2D eigenvalue weighted by atomic mass is 15.2. The van der Waals surface area contributed by atoms with Crippen molar-refractivity contribution in [2.75, 3.05) is 9.80 Å². The maximum atomic E-state index is 5.22. The molecule has 0 spiro atoms. The Hall–Kier alpha value is -5.61. The van der Waals surface area contributed by atoms with E-state index in [4.69, 9.17) is 4.99 Å². The second-order valence-corrected chi connectivity index (χ2v) is 21.3. The van der Waals surface area contributed by atoms with Crippen molar-refractivity contribution in [3.05, 3.63) is 168 Å². The average Bonchev–Trinajstić information content (AvgIpc) is 3.27. The summed E-state index contributed by atoms with van der Waals surface area (Å²) < 4.78 is 0. The van der Waals surface area contributed by atoms with Crippen molar-refractivity contribution in [3.8, 4) is 22.3 Å². The first-order chi connectivity index (χ1) is 29.2.